The minimum atomic E-state index is -1.63. The second kappa shape index (κ2) is 6.47. The summed E-state index contributed by atoms with van der Waals surface area (Å²) in [6.45, 7) is 8.35. The fourth-order valence-corrected chi connectivity index (χ4v) is 4.92. The second-order valence-electron chi connectivity index (χ2n) is 5.90. The Bertz CT molecular complexity index is 647. The van der Waals surface area contributed by atoms with Crippen molar-refractivity contribution in [2.24, 2.45) is 0 Å². The average Bonchev–Trinajstić information content (AvgIpc) is 2.44. The van der Waals surface area contributed by atoms with E-state index in [4.69, 9.17) is 3.79 Å². The number of phenolic OH excluding ortho intramolecular Hbond substituents is 1. The third-order valence-corrected chi connectivity index (χ3v) is 6.58. The van der Waals surface area contributed by atoms with Crippen molar-refractivity contribution in [3.8, 4) is 5.75 Å². The van der Waals surface area contributed by atoms with E-state index in [2.05, 4.69) is 32.7 Å². The molecule has 2 aromatic rings. The lowest BCUT2D eigenvalue weighted by Crippen LogP contribution is -2.29. The van der Waals surface area contributed by atoms with Crippen molar-refractivity contribution >= 4 is 31.4 Å². The molecule has 0 amide bonds. The SMILES string of the molecule is C[CH](C)[Al]([O]C(=O)c1ccc2cccc(O)c2n1)[CH](C)C. The Hall–Kier alpha value is -1.57. The van der Waals surface area contributed by atoms with Crippen LogP contribution in [0.4, 0.5) is 0 Å². The number of aromatic hydroxyl groups is 1. The maximum atomic E-state index is 12.3. The number of rotatable bonds is 4. The molecule has 5 heteroatoms. The third kappa shape index (κ3) is 3.55. The van der Waals surface area contributed by atoms with Crippen LogP contribution in [0.5, 0.6) is 5.75 Å². The van der Waals surface area contributed by atoms with Crippen LogP contribution in [0.3, 0.4) is 0 Å². The van der Waals surface area contributed by atoms with Gasteiger partial charge in [-0.1, -0.05) is 45.9 Å². The van der Waals surface area contributed by atoms with Crippen molar-refractivity contribution in [2.45, 2.75) is 37.3 Å². The van der Waals surface area contributed by atoms with Crippen LogP contribution in [0.15, 0.2) is 30.3 Å². The predicted molar refractivity (Wildman–Crippen MR) is 84.8 cm³/mol. The molecule has 0 aliphatic carbocycles. The van der Waals surface area contributed by atoms with E-state index >= 15 is 0 Å². The largest absolute Gasteiger partial charge is 0.611 e. The van der Waals surface area contributed by atoms with E-state index in [1.54, 1.807) is 24.3 Å². The third-order valence-electron chi connectivity index (χ3n) is 3.47. The van der Waals surface area contributed by atoms with Crippen LogP contribution < -0.4 is 0 Å². The molecule has 0 unspecified atom stereocenters. The van der Waals surface area contributed by atoms with E-state index in [0.29, 0.717) is 15.1 Å². The van der Waals surface area contributed by atoms with Gasteiger partial charge in [-0.25, -0.2) is 9.78 Å². The first-order valence-corrected chi connectivity index (χ1v) is 9.00. The van der Waals surface area contributed by atoms with Crippen molar-refractivity contribution in [2.75, 3.05) is 0 Å². The Balaban J connectivity index is 2.29. The summed E-state index contributed by atoms with van der Waals surface area (Å²) in [4.78, 5) is 16.5. The molecule has 4 nitrogen and oxygen atoms in total. The van der Waals surface area contributed by atoms with E-state index in [1.165, 1.54) is 0 Å². The number of phenols is 1. The number of pyridine rings is 1. The standard InChI is InChI=1S/C10H7NO3.2C3H7.Al/c12-8-3-1-2-6-4-5-7(10(13)14)11-9(6)8;2*1-3-2;/h1-5,12H,(H,13,14);2*3H,1-2H3;/q;;;+1/p-1. The van der Waals surface area contributed by atoms with Crippen LogP contribution in [-0.4, -0.2) is 30.5 Å². The van der Waals surface area contributed by atoms with Gasteiger partial charge < -0.3 is 8.90 Å². The smallest absolute Gasteiger partial charge is 0.554 e. The number of hydrogen-bond acceptors (Lipinski definition) is 4. The number of carbonyl (C=O) groups excluding carboxylic acids is 1. The number of benzene rings is 1. The van der Waals surface area contributed by atoms with Gasteiger partial charge in [0.05, 0.1) is 0 Å². The molecule has 0 atom stereocenters. The van der Waals surface area contributed by atoms with Gasteiger partial charge >= 0.3 is 20.5 Å². The van der Waals surface area contributed by atoms with Gasteiger partial charge in [-0.15, -0.1) is 0 Å². The van der Waals surface area contributed by atoms with Gasteiger partial charge in [-0.3, -0.25) is 0 Å². The summed E-state index contributed by atoms with van der Waals surface area (Å²) in [6, 6.07) is 8.58. The number of hydrogen-bond donors (Lipinski definition) is 1. The zero-order valence-corrected chi connectivity index (χ0v) is 14.0. The Kier molecular flexibility index (Phi) is 4.87. The first-order valence-electron chi connectivity index (χ1n) is 7.20. The van der Waals surface area contributed by atoms with Crippen molar-refractivity contribution in [3.63, 3.8) is 0 Å². The van der Waals surface area contributed by atoms with Crippen molar-refractivity contribution in [1.29, 1.82) is 0 Å². The lowest BCUT2D eigenvalue weighted by Gasteiger charge is -2.19. The van der Waals surface area contributed by atoms with Gasteiger partial charge in [0, 0.05) is 5.39 Å². The fourth-order valence-electron chi connectivity index (χ4n) is 2.47. The van der Waals surface area contributed by atoms with Crippen molar-refractivity contribution < 1.29 is 13.7 Å². The number of fused-ring (bicyclic) bond motifs is 1. The molecule has 21 heavy (non-hydrogen) atoms. The molecule has 0 saturated carbocycles. The summed E-state index contributed by atoms with van der Waals surface area (Å²) in [5.74, 6) is -0.317. The number of nitrogens with zero attached hydrogens (tertiary/aromatic N) is 1. The molecule has 0 spiro atoms. The average molecular weight is 301 g/mol. The molecule has 1 heterocycles. The van der Waals surface area contributed by atoms with E-state index in [0.717, 1.165) is 5.39 Å². The van der Waals surface area contributed by atoms with Gasteiger partial charge in [-0.2, -0.15) is 0 Å². The van der Waals surface area contributed by atoms with Crippen molar-refractivity contribution in [3.05, 3.63) is 36.0 Å². The van der Waals surface area contributed by atoms with E-state index in [9.17, 15) is 9.90 Å². The molecule has 0 aliphatic rings. The van der Waals surface area contributed by atoms with Crippen LogP contribution in [0.1, 0.15) is 38.2 Å². The van der Waals surface area contributed by atoms with Crippen LogP contribution in [0.25, 0.3) is 10.9 Å². The molecular weight excluding hydrogens is 281 g/mol. The van der Waals surface area contributed by atoms with E-state index in [-0.39, 0.29) is 17.4 Å². The minimum Gasteiger partial charge on any atom is -0.611 e. The van der Waals surface area contributed by atoms with Crippen LogP contribution in [0.2, 0.25) is 9.56 Å². The zero-order chi connectivity index (χ0) is 15.6. The summed E-state index contributed by atoms with van der Waals surface area (Å²) in [5.41, 5.74) is 0.682. The number of aromatic nitrogens is 1. The lowest BCUT2D eigenvalue weighted by molar-refractivity contribution is 0.0719. The second-order valence-corrected chi connectivity index (χ2v) is 9.73. The Morgan fingerprint density at radius 2 is 1.81 bits per heavy atom. The molecule has 110 valence electrons. The maximum absolute atomic E-state index is 12.3. The number of para-hydroxylation sites is 1. The zero-order valence-electron chi connectivity index (χ0n) is 12.8. The van der Waals surface area contributed by atoms with Gasteiger partial charge in [0.1, 0.15) is 17.0 Å². The minimum absolute atomic E-state index is 0.0728. The van der Waals surface area contributed by atoms with E-state index in [1.807, 2.05) is 6.07 Å². The Labute approximate surface area is 129 Å². The fraction of sp³-hybridized carbons (Fsp3) is 0.375. The summed E-state index contributed by atoms with van der Waals surface area (Å²) in [6.07, 6.45) is 0. The highest BCUT2D eigenvalue weighted by Gasteiger charge is 2.34. The highest BCUT2D eigenvalue weighted by molar-refractivity contribution is 6.57. The van der Waals surface area contributed by atoms with Crippen molar-refractivity contribution in [1.82, 2.24) is 4.98 Å². The van der Waals surface area contributed by atoms with Crippen LogP contribution in [-0.2, 0) is 3.79 Å². The summed E-state index contributed by atoms with van der Waals surface area (Å²) < 4.78 is 6.46. The molecule has 0 radical (unpaired) electrons. The normalized spacial score (nSPS) is 11.1. The van der Waals surface area contributed by atoms with Gasteiger partial charge in [0.2, 0.25) is 0 Å². The summed E-state index contributed by atoms with van der Waals surface area (Å²) in [5, 5.41) is 10.6. The van der Waals surface area contributed by atoms with Crippen LogP contribution >= 0.6 is 0 Å². The summed E-state index contributed by atoms with van der Waals surface area (Å²) in [7, 11) is 0. The summed E-state index contributed by atoms with van der Waals surface area (Å²) >= 11 is -1.63. The molecular formula is C16H20AlNO3. The lowest BCUT2D eigenvalue weighted by atomic mass is 10.2. The van der Waals surface area contributed by atoms with E-state index < -0.39 is 14.5 Å². The molecule has 0 saturated heterocycles. The molecule has 1 aromatic heterocycles. The highest BCUT2D eigenvalue weighted by atomic mass is 27.2. The van der Waals surface area contributed by atoms with Crippen LogP contribution in [0, 0.1) is 0 Å². The molecule has 2 rings (SSSR count). The van der Waals surface area contributed by atoms with Gasteiger partial charge in [0.15, 0.2) is 0 Å². The highest BCUT2D eigenvalue weighted by Crippen LogP contribution is 2.24. The van der Waals surface area contributed by atoms with Gasteiger partial charge in [0.25, 0.3) is 0 Å². The monoisotopic (exact) mass is 301 g/mol. The molecule has 0 bridgehead atoms. The Morgan fingerprint density at radius 3 is 2.43 bits per heavy atom. The van der Waals surface area contributed by atoms with Gasteiger partial charge in [-0.05, 0) is 21.7 Å². The molecule has 0 fully saturated rings. The maximum Gasteiger partial charge on any atom is 0.554 e. The predicted octanol–water partition coefficient (Wildman–Crippen LogP) is 3.91. The molecule has 0 aliphatic heterocycles. The molecule has 1 N–H and O–H groups in total. The Morgan fingerprint density at radius 1 is 1.14 bits per heavy atom. The first-order chi connectivity index (χ1) is 9.90. The quantitative estimate of drug-likeness (QED) is 0.870. The first kappa shape index (κ1) is 15.8. The topological polar surface area (TPSA) is 59.4 Å². The number of carbonyl (C=O) groups is 1. The molecule has 1 aromatic carbocycles.